The summed E-state index contributed by atoms with van der Waals surface area (Å²) in [5, 5.41) is 3.50. The zero-order valence-corrected chi connectivity index (χ0v) is 11.8. The van der Waals surface area contributed by atoms with Crippen molar-refractivity contribution in [2.45, 2.75) is 52.1 Å². The third kappa shape index (κ3) is 3.58. The van der Waals surface area contributed by atoms with E-state index in [1.807, 2.05) is 11.3 Å². The molecule has 2 nitrogen and oxygen atoms in total. The fraction of sp³-hybridized carbons (Fsp3) is 0.692. The summed E-state index contributed by atoms with van der Waals surface area (Å²) < 4.78 is 0. The van der Waals surface area contributed by atoms with E-state index in [4.69, 9.17) is 5.73 Å². The number of hydrogen-bond donors (Lipinski definition) is 2. The van der Waals surface area contributed by atoms with Crippen molar-refractivity contribution in [2.75, 3.05) is 6.54 Å². The van der Waals surface area contributed by atoms with E-state index < -0.39 is 0 Å². The minimum Gasteiger partial charge on any atom is -0.329 e. The maximum Gasteiger partial charge on any atom is 0.0541 e. The monoisotopic (exact) mass is 240 g/mol. The Bertz CT molecular complexity index is 323. The first-order chi connectivity index (χ1) is 7.34. The van der Waals surface area contributed by atoms with Crippen LogP contribution in [0.5, 0.6) is 0 Å². The van der Waals surface area contributed by atoms with E-state index in [2.05, 4.69) is 52.1 Å². The Labute approximate surface area is 103 Å². The van der Waals surface area contributed by atoms with Crippen LogP contribution >= 0.6 is 11.3 Å². The predicted octanol–water partition coefficient (Wildman–Crippen LogP) is 3.04. The molecule has 1 unspecified atom stereocenters. The van der Waals surface area contributed by atoms with Crippen LogP contribution in [0.15, 0.2) is 12.1 Å². The molecule has 0 aliphatic rings. The van der Waals surface area contributed by atoms with E-state index in [1.165, 1.54) is 9.75 Å². The van der Waals surface area contributed by atoms with Crippen molar-refractivity contribution in [3.63, 3.8) is 0 Å². The van der Waals surface area contributed by atoms with Crippen LogP contribution in [0.4, 0.5) is 0 Å². The van der Waals surface area contributed by atoms with Gasteiger partial charge < -0.3 is 11.1 Å². The predicted molar refractivity (Wildman–Crippen MR) is 73.1 cm³/mol. The first kappa shape index (κ1) is 13.7. The molecular weight excluding hydrogens is 216 g/mol. The Hall–Kier alpha value is -0.380. The Balaban J connectivity index is 2.83. The van der Waals surface area contributed by atoms with E-state index in [0.29, 0.717) is 18.6 Å². The molecule has 0 aliphatic heterocycles. The normalized spacial score (nSPS) is 14.4. The Morgan fingerprint density at radius 1 is 1.31 bits per heavy atom. The van der Waals surface area contributed by atoms with E-state index in [-0.39, 0.29) is 5.41 Å². The Morgan fingerprint density at radius 3 is 2.31 bits per heavy atom. The average Bonchev–Trinajstić information content (AvgIpc) is 2.61. The number of rotatable bonds is 4. The van der Waals surface area contributed by atoms with E-state index in [1.54, 1.807) is 0 Å². The lowest BCUT2D eigenvalue weighted by molar-refractivity contribution is 0.489. The second-order valence-electron chi connectivity index (χ2n) is 5.56. The summed E-state index contributed by atoms with van der Waals surface area (Å²) in [5.41, 5.74) is 6.05. The summed E-state index contributed by atoms with van der Waals surface area (Å²) in [5.74, 6) is 0. The van der Waals surface area contributed by atoms with Crippen LogP contribution in [0.25, 0.3) is 0 Å². The summed E-state index contributed by atoms with van der Waals surface area (Å²) in [4.78, 5) is 2.77. The van der Waals surface area contributed by atoms with Crippen molar-refractivity contribution in [1.82, 2.24) is 5.32 Å². The molecule has 0 saturated carbocycles. The second kappa shape index (κ2) is 5.30. The molecule has 0 bridgehead atoms. The van der Waals surface area contributed by atoms with Gasteiger partial charge in [-0.3, -0.25) is 0 Å². The molecule has 1 aromatic rings. The lowest BCUT2D eigenvalue weighted by Gasteiger charge is -2.19. The van der Waals surface area contributed by atoms with E-state index in [0.717, 1.165) is 0 Å². The van der Waals surface area contributed by atoms with Crippen molar-refractivity contribution < 1.29 is 0 Å². The molecule has 0 spiro atoms. The van der Waals surface area contributed by atoms with Gasteiger partial charge in [-0.05, 0) is 17.5 Å². The largest absolute Gasteiger partial charge is 0.329 e. The van der Waals surface area contributed by atoms with Crippen molar-refractivity contribution in [2.24, 2.45) is 5.73 Å². The molecule has 0 fully saturated rings. The van der Waals surface area contributed by atoms with Gasteiger partial charge in [-0.2, -0.15) is 0 Å². The van der Waals surface area contributed by atoms with Crippen LogP contribution in [0.1, 0.15) is 50.4 Å². The fourth-order valence-electron chi connectivity index (χ4n) is 1.61. The third-order valence-corrected chi connectivity index (χ3v) is 4.10. The van der Waals surface area contributed by atoms with Crippen LogP contribution in [0.3, 0.4) is 0 Å². The molecule has 0 saturated heterocycles. The molecule has 1 heterocycles. The van der Waals surface area contributed by atoms with Crippen molar-refractivity contribution in [3.8, 4) is 0 Å². The SMILES string of the molecule is CC(C)NC(CN)c1ccc(C(C)(C)C)s1. The smallest absolute Gasteiger partial charge is 0.0541 e. The van der Waals surface area contributed by atoms with Gasteiger partial charge in [0.15, 0.2) is 0 Å². The summed E-state index contributed by atoms with van der Waals surface area (Å²) >= 11 is 1.87. The van der Waals surface area contributed by atoms with Crippen LogP contribution in [0, 0.1) is 0 Å². The van der Waals surface area contributed by atoms with Crippen LogP contribution in [-0.2, 0) is 5.41 Å². The zero-order chi connectivity index (χ0) is 12.3. The molecule has 1 rings (SSSR count). The van der Waals surface area contributed by atoms with Gasteiger partial charge in [0.2, 0.25) is 0 Å². The number of nitrogens with two attached hydrogens (primary N) is 1. The average molecular weight is 240 g/mol. The molecule has 3 N–H and O–H groups in total. The minimum atomic E-state index is 0.236. The lowest BCUT2D eigenvalue weighted by atomic mass is 9.95. The van der Waals surface area contributed by atoms with E-state index >= 15 is 0 Å². The highest BCUT2D eigenvalue weighted by Crippen LogP contribution is 2.32. The quantitative estimate of drug-likeness (QED) is 0.849. The molecule has 92 valence electrons. The molecule has 0 aliphatic carbocycles. The van der Waals surface area contributed by atoms with Crippen molar-refractivity contribution >= 4 is 11.3 Å². The topological polar surface area (TPSA) is 38.0 Å². The van der Waals surface area contributed by atoms with Crippen LogP contribution < -0.4 is 11.1 Å². The summed E-state index contributed by atoms with van der Waals surface area (Å²) in [6, 6.07) is 5.19. The first-order valence-corrected chi connectivity index (χ1v) is 6.72. The second-order valence-corrected chi connectivity index (χ2v) is 6.68. The molecule has 0 radical (unpaired) electrons. The minimum absolute atomic E-state index is 0.236. The lowest BCUT2D eigenvalue weighted by Crippen LogP contribution is -2.32. The first-order valence-electron chi connectivity index (χ1n) is 5.91. The standard InChI is InChI=1S/C13H24N2S/c1-9(2)15-10(8-14)11-6-7-12(16-11)13(3,4)5/h6-7,9-10,15H,8,14H2,1-5H3. The fourth-order valence-corrected chi connectivity index (χ4v) is 2.75. The van der Waals surface area contributed by atoms with Gasteiger partial charge in [0.1, 0.15) is 0 Å². The van der Waals surface area contributed by atoms with Crippen LogP contribution in [0.2, 0.25) is 0 Å². The highest BCUT2D eigenvalue weighted by Gasteiger charge is 2.19. The molecule has 0 amide bonds. The molecular formula is C13H24N2S. The van der Waals surface area contributed by atoms with Gasteiger partial charge in [0, 0.05) is 22.3 Å². The number of nitrogens with one attached hydrogen (secondary N) is 1. The van der Waals surface area contributed by atoms with Gasteiger partial charge in [0.05, 0.1) is 6.04 Å². The molecule has 0 aromatic carbocycles. The maximum absolute atomic E-state index is 5.82. The highest BCUT2D eigenvalue weighted by atomic mass is 32.1. The number of thiophene rings is 1. The summed E-state index contributed by atoms with van der Waals surface area (Å²) in [6.07, 6.45) is 0. The molecule has 1 aromatic heterocycles. The van der Waals surface area contributed by atoms with Crippen molar-refractivity contribution in [1.29, 1.82) is 0 Å². The maximum atomic E-state index is 5.82. The van der Waals surface area contributed by atoms with Gasteiger partial charge in [0.25, 0.3) is 0 Å². The van der Waals surface area contributed by atoms with Gasteiger partial charge in [-0.1, -0.05) is 34.6 Å². The molecule has 16 heavy (non-hydrogen) atoms. The van der Waals surface area contributed by atoms with Gasteiger partial charge >= 0.3 is 0 Å². The highest BCUT2D eigenvalue weighted by molar-refractivity contribution is 7.12. The van der Waals surface area contributed by atoms with Gasteiger partial charge in [-0.25, -0.2) is 0 Å². The number of hydrogen-bond acceptors (Lipinski definition) is 3. The molecule has 1 atom stereocenters. The Kier molecular flexibility index (Phi) is 4.53. The Morgan fingerprint density at radius 2 is 1.94 bits per heavy atom. The summed E-state index contributed by atoms with van der Waals surface area (Å²) in [6.45, 7) is 11.7. The zero-order valence-electron chi connectivity index (χ0n) is 11.0. The van der Waals surface area contributed by atoms with Crippen LogP contribution in [-0.4, -0.2) is 12.6 Å². The summed E-state index contributed by atoms with van der Waals surface area (Å²) in [7, 11) is 0. The molecule has 3 heteroatoms. The van der Waals surface area contributed by atoms with E-state index in [9.17, 15) is 0 Å². The third-order valence-electron chi connectivity index (χ3n) is 2.48. The van der Waals surface area contributed by atoms with Crippen molar-refractivity contribution in [3.05, 3.63) is 21.9 Å². The van der Waals surface area contributed by atoms with Gasteiger partial charge in [-0.15, -0.1) is 11.3 Å².